The van der Waals surface area contributed by atoms with Crippen molar-refractivity contribution in [2.75, 3.05) is 0 Å². The number of primary amides is 1. The molecular formula is C13H17N5O2. The highest BCUT2D eigenvalue weighted by molar-refractivity contribution is 5.95. The van der Waals surface area contributed by atoms with Gasteiger partial charge in [0.25, 0.3) is 5.91 Å². The van der Waals surface area contributed by atoms with Gasteiger partial charge in [-0.25, -0.2) is 4.68 Å². The Labute approximate surface area is 116 Å². The Morgan fingerprint density at radius 3 is 2.80 bits per heavy atom. The predicted octanol–water partition coefficient (Wildman–Crippen LogP) is 1.11. The Kier molecular flexibility index (Phi) is 3.69. The molecule has 0 saturated carbocycles. The summed E-state index contributed by atoms with van der Waals surface area (Å²) in [4.78, 5) is 15.1. The van der Waals surface area contributed by atoms with Crippen LogP contribution in [0.3, 0.4) is 0 Å². The number of carbonyl (C=O) groups excluding carboxylic acids is 1. The zero-order chi connectivity index (χ0) is 14.8. The van der Waals surface area contributed by atoms with Gasteiger partial charge in [-0.15, -0.1) is 5.10 Å². The van der Waals surface area contributed by atoms with Gasteiger partial charge in [0.2, 0.25) is 0 Å². The molecule has 0 spiro atoms. The number of hydrogen-bond donors (Lipinski definition) is 1. The van der Waals surface area contributed by atoms with Crippen molar-refractivity contribution in [3.8, 4) is 5.75 Å². The van der Waals surface area contributed by atoms with Crippen LogP contribution in [0, 0.1) is 0 Å². The van der Waals surface area contributed by atoms with Gasteiger partial charge in [0.15, 0.2) is 0 Å². The van der Waals surface area contributed by atoms with Gasteiger partial charge >= 0.3 is 0 Å². The van der Waals surface area contributed by atoms with E-state index >= 15 is 0 Å². The molecule has 2 N–H and O–H groups in total. The molecule has 1 amide bonds. The van der Waals surface area contributed by atoms with E-state index in [1.54, 1.807) is 10.7 Å². The average molecular weight is 275 g/mol. The van der Waals surface area contributed by atoms with Crippen LogP contribution in [0.25, 0.3) is 0 Å². The van der Waals surface area contributed by atoms with Crippen molar-refractivity contribution in [3.63, 3.8) is 0 Å². The van der Waals surface area contributed by atoms with Gasteiger partial charge in [-0.3, -0.25) is 9.78 Å². The monoisotopic (exact) mass is 275 g/mol. The van der Waals surface area contributed by atoms with E-state index in [1.807, 2.05) is 27.0 Å². The van der Waals surface area contributed by atoms with Crippen molar-refractivity contribution in [2.45, 2.75) is 32.9 Å². The molecule has 0 aromatic carbocycles. The molecule has 0 aliphatic heterocycles. The summed E-state index contributed by atoms with van der Waals surface area (Å²) in [5.41, 5.74) is 6.03. The van der Waals surface area contributed by atoms with Gasteiger partial charge < -0.3 is 10.5 Å². The minimum Gasteiger partial charge on any atom is -0.486 e. The van der Waals surface area contributed by atoms with Crippen LogP contribution in [-0.4, -0.2) is 25.9 Å². The minimum atomic E-state index is -0.577. The number of pyridine rings is 1. The normalized spacial score (nSPS) is 11.3. The van der Waals surface area contributed by atoms with Crippen LogP contribution in [0.1, 0.15) is 36.8 Å². The van der Waals surface area contributed by atoms with E-state index in [-0.39, 0.29) is 17.7 Å². The lowest BCUT2D eigenvalue weighted by Gasteiger charge is -2.17. The Morgan fingerprint density at radius 2 is 2.20 bits per heavy atom. The molecule has 0 unspecified atom stereocenters. The SMILES string of the molecule is CC(C)(C)n1cc(COc2ccncc2C(N)=O)nn1. The summed E-state index contributed by atoms with van der Waals surface area (Å²) < 4.78 is 7.31. The third-order valence-electron chi connectivity index (χ3n) is 2.65. The molecule has 2 aromatic rings. The first-order chi connectivity index (χ1) is 9.38. The third kappa shape index (κ3) is 3.11. The summed E-state index contributed by atoms with van der Waals surface area (Å²) in [5, 5.41) is 8.07. The van der Waals surface area contributed by atoms with E-state index in [9.17, 15) is 4.79 Å². The summed E-state index contributed by atoms with van der Waals surface area (Å²) in [6.45, 7) is 6.29. The molecule has 0 bridgehead atoms. The van der Waals surface area contributed by atoms with Gasteiger partial charge in [0.05, 0.1) is 17.3 Å². The first-order valence-electron chi connectivity index (χ1n) is 6.16. The van der Waals surface area contributed by atoms with Crippen LogP contribution in [0.2, 0.25) is 0 Å². The van der Waals surface area contributed by atoms with E-state index in [0.717, 1.165) is 0 Å². The van der Waals surface area contributed by atoms with Gasteiger partial charge in [-0.1, -0.05) is 5.21 Å². The lowest BCUT2D eigenvalue weighted by atomic mass is 10.1. The number of carbonyl (C=O) groups is 1. The molecule has 2 heterocycles. The van der Waals surface area contributed by atoms with Crippen molar-refractivity contribution in [2.24, 2.45) is 5.73 Å². The summed E-state index contributed by atoms with van der Waals surface area (Å²) in [7, 11) is 0. The Bertz CT molecular complexity index is 615. The molecule has 0 radical (unpaired) electrons. The largest absolute Gasteiger partial charge is 0.486 e. The molecule has 0 fully saturated rings. The minimum absolute atomic E-state index is 0.139. The predicted molar refractivity (Wildman–Crippen MR) is 72.1 cm³/mol. The number of amides is 1. The fraction of sp³-hybridized carbons (Fsp3) is 0.385. The standard InChI is InChI=1S/C13H17N5O2/c1-13(2,3)18-7-9(16-17-18)8-20-11-4-5-15-6-10(11)12(14)19/h4-7H,8H2,1-3H3,(H2,14,19). The van der Waals surface area contributed by atoms with Crippen LogP contribution in [-0.2, 0) is 12.1 Å². The highest BCUT2D eigenvalue weighted by Gasteiger charge is 2.16. The fourth-order valence-corrected chi connectivity index (χ4v) is 1.54. The first kappa shape index (κ1) is 14.0. The summed E-state index contributed by atoms with van der Waals surface area (Å²) in [6, 6.07) is 1.59. The highest BCUT2D eigenvalue weighted by Crippen LogP contribution is 2.18. The quantitative estimate of drug-likeness (QED) is 0.901. The molecule has 0 aliphatic rings. The van der Waals surface area contributed by atoms with Crippen LogP contribution in [0.4, 0.5) is 0 Å². The second kappa shape index (κ2) is 5.28. The van der Waals surface area contributed by atoms with Gasteiger partial charge in [-0.05, 0) is 26.8 Å². The Balaban J connectivity index is 2.10. The maximum atomic E-state index is 11.2. The smallest absolute Gasteiger partial charge is 0.254 e. The molecule has 7 nitrogen and oxygen atoms in total. The molecule has 2 aromatic heterocycles. The van der Waals surface area contributed by atoms with Gasteiger partial charge in [0.1, 0.15) is 18.1 Å². The Morgan fingerprint density at radius 1 is 1.45 bits per heavy atom. The molecule has 2 rings (SSSR count). The summed E-state index contributed by atoms with van der Waals surface area (Å²) in [5.74, 6) is -0.191. The second-order valence-electron chi connectivity index (χ2n) is 5.35. The van der Waals surface area contributed by atoms with E-state index in [1.165, 1.54) is 12.4 Å². The van der Waals surface area contributed by atoms with Crippen molar-refractivity contribution in [1.29, 1.82) is 0 Å². The topological polar surface area (TPSA) is 95.9 Å². The second-order valence-corrected chi connectivity index (χ2v) is 5.35. The molecule has 0 atom stereocenters. The lowest BCUT2D eigenvalue weighted by Crippen LogP contribution is -2.22. The number of nitrogens with zero attached hydrogens (tertiary/aromatic N) is 4. The van der Waals surface area contributed by atoms with Gasteiger partial charge in [0, 0.05) is 12.4 Å². The molecule has 20 heavy (non-hydrogen) atoms. The van der Waals surface area contributed by atoms with Crippen LogP contribution >= 0.6 is 0 Å². The number of hydrogen-bond acceptors (Lipinski definition) is 5. The van der Waals surface area contributed by atoms with E-state index in [2.05, 4.69) is 15.3 Å². The van der Waals surface area contributed by atoms with Crippen molar-refractivity contribution >= 4 is 5.91 Å². The van der Waals surface area contributed by atoms with Crippen molar-refractivity contribution in [1.82, 2.24) is 20.0 Å². The zero-order valence-corrected chi connectivity index (χ0v) is 11.7. The maximum Gasteiger partial charge on any atom is 0.254 e. The Hall–Kier alpha value is -2.44. The average Bonchev–Trinajstić information content (AvgIpc) is 2.85. The number of aromatic nitrogens is 4. The molecule has 7 heteroatoms. The molecule has 106 valence electrons. The maximum absolute atomic E-state index is 11.2. The number of rotatable bonds is 4. The fourth-order valence-electron chi connectivity index (χ4n) is 1.54. The number of ether oxygens (including phenoxy) is 1. The van der Waals surface area contributed by atoms with E-state index < -0.39 is 5.91 Å². The number of nitrogens with two attached hydrogens (primary N) is 1. The van der Waals surface area contributed by atoms with Crippen molar-refractivity contribution in [3.05, 3.63) is 35.9 Å². The van der Waals surface area contributed by atoms with Crippen LogP contribution < -0.4 is 10.5 Å². The molecular weight excluding hydrogens is 258 g/mol. The van der Waals surface area contributed by atoms with Crippen molar-refractivity contribution < 1.29 is 9.53 Å². The van der Waals surface area contributed by atoms with Crippen LogP contribution in [0.15, 0.2) is 24.7 Å². The molecule has 0 saturated heterocycles. The summed E-state index contributed by atoms with van der Waals surface area (Å²) in [6.07, 6.45) is 4.72. The highest BCUT2D eigenvalue weighted by atomic mass is 16.5. The lowest BCUT2D eigenvalue weighted by molar-refractivity contribution is 0.0995. The van der Waals surface area contributed by atoms with E-state index in [0.29, 0.717) is 11.4 Å². The zero-order valence-electron chi connectivity index (χ0n) is 11.7. The first-order valence-corrected chi connectivity index (χ1v) is 6.16. The summed E-state index contributed by atoms with van der Waals surface area (Å²) >= 11 is 0. The molecule has 0 aliphatic carbocycles. The van der Waals surface area contributed by atoms with Crippen LogP contribution in [0.5, 0.6) is 5.75 Å². The third-order valence-corrected chi connectivity index (χ3v) is 2.65. The van der Waals surface area contributed by atoms with Gasteiger partial charge in [-0.2, -0.15) is 0 Å². The van der Waals surface area contributed by atoms with E-state index in [4.69, 9.17) is 10.5 Å².